The second-order valence-corrected chi connectivity index (χ2v) is 6.60. The van der Waals surface area contributed by atoms with Crippen LogP contribution in [0.4, 0.5) is 0 Å². The van der Waals surface area contributed by atoms with E-state index in [0.29, 0.717) is 0 Å². The first-order valence-electron chi connectivity index (χ1n) is 7.24. The molecule has 0 saturated carbocycles. The number of phosphoric acid groups is 1. The van der Waals surface area contributed by atoms with Gasteiger partial charge in [-0.3, -0.25) is 14.1 Å². The summed E-state index contributed by atoms with van der Waals surface area (Å²) in [6.07, 6.45) is -10.3. The van der Waals surface area contributed by atoms with Gasteiger partial charge >= 0.3 is 25.7 Å². The summed E-state index contributed by atoms with van der Waals surface area (Å²) in [6, 6.07) is 0. The average molecular weight is 452 g/mol. The zero-order chi connectivity index (χ0) is 23.6. The second-order valence-electron chi connectivity index (χ2n) is 5.41. The second kappa shape index (κ2) is 12.5. The SMILES string of the molecule is O=C(O)CC(O)(CC(=O)O)C(=O)O.O=CC(OP(=O)(O)O)C(O)C(O)C(O)CO. The summed E-state index contributed by atoms with van der Waals surface area (Å²) in [5, 5.41) is 69.5. The monoisotopic (exact) mass is 452 g/mol. The number of aldehydes is 1. The Bertz CT molecular complexity index is 597. The Morgan fingerprint density at radius 3 is 1.62 bits per heavy atom. The molecule has 0 radical (unpaired) electrons. The Balaban J connectivity index is 0. The highest BCUT2D eigenvalue weighted by Gasteiger charge is 2.40. The van der Waals surface area contributed by atoms with Crippen molar-refractivity contribution in [1.82, 2.24) is 0 Å². The van der Waals surface area contributed by atoms with Gasteiger partial charge in [-0.25, -0.2) is 9.36 Å². The summed E-state index contributed by atoms with van der Waals surface area (Å²) >= 11 is 0. The van der Waals surface area contributed by atoms with E-state index in [1.807, 2.05) is 0 Å². The van der Waals surface area contributed by atoms with Gasteiger partial charge in [-0.05, 0) is 0 Å². The molecule has 17 heteroatoms. The van der Waals surface area contributed by atoms with Crippen LogP contribution in [0.1, 0.15) is 12.8 Å². The molecule has 4 atom stereocenters. The van der Waals surface area contributed by atoms with Gasteiger partial charge in [0, 0.05) is 0 Å². The zero-order valence-electron chi connectivity index (χ0n) is 14.4. The van der Waals surface area contributed by atoms with E-state index in [4.69, 9.17) is 45.5 Å². The van der Waals surface area contributed by atoms with Crippen molar-refractivity contribution in [1.29, 1.82) is 0 Å². The van der Waals surface area contributed by atoms with Crippen LogP contribution in [-0.4, -0.2) is 111 Å². The van der Waals surface area contributed by atoms with E-state index in [0.717, 1.165) is 0 Å². The minimum Gasteiger partial charge on any atom is -0.481 e. The first-order chi connectivity index (χ1) is 13.0. The van der Waals surface area contributed by atoms with E-state index in [9.17, 15) is 28.8 Å². The molecular weight excluding hydrogens is 431 g/mol. The van der Waals surface area contributed by atoms with Crippen LogP contribution in [0.15, 0.2) is 0 Å². The van der Waals surface area contributed by atoms with E-state index in [1.54, 1.807) is 0 Å². The third-order valence-corrected chi connectivity index (χ3v) is 3.46. The zero-order valence-corrected chi connectivity index (χ0v) is 15.3. The number of hydrogen-bond donors (Lipinski definition) is 10. The molecule has 0 aromatic carbocycles. The van der Waals surface area contributed by atoms with E-state index in [-0.39, 0.29) is 6.29 Å². The van der Waals surface area contributed by atoms with E-state index >= 15 is 0 Å². The topological polar surface area (TPSA) is 297 Å². The molecule has 0 amide bonds. The van der Waals surface area contributed by atoms with Gasteiger partial charge in [0.05, 0.1) is 19.4 Å². The highest BCUT2D eigenvalue weighted by atomic mass is 31.2. The van der Waals surface area contributed by atoms with Crippen LogP contribution in [0, 0.1) is 0 Å². The number of rotatable bonds is 12. The Hall–Kier alpha value is -2.01. The Labute approximate surface area is 161 Å². The molecule has 0 saturated heterocycles. The molecule has 0 spiro atoms. The maximum absolute atomic E-state index is 10.4. The highest BCUT2D eigenvalue weighted by Crippen LogP contribution is 2.38. The summed E-state index contributed by atoms with van der Waals surface area (Å²) in [7, 11) is -5.02. The molecule has 0 aromatic heterocycles. The predicted molar refractivity (Wildman–Crippen MR) is 85.2 cm³/mol. The minimum absolute atomic E-state index is 0.142. The van der Waals surface area contributed by atoms with Crippen molar-refractivity contribution < 1.29 is 78.9 Å². The summed E-state index contributed by atoms with van der Waals surface area (Å²) < 4.78 is 14.2. The summed E-state index contributed by atoms with van der Waals surface area (Å²) in [6.45, 7) is -0.903. The molecule has 4 unspecified atom stereocenters. The summed E-state index contributed by atoms with van der Waals surface area (Å²) in [4.78, 5) is 57.6. The molecule has 0 aliphatic carbocycles. The van der Waals surface area contributed by atoms with Crippen molar-refractivity contribution in [2.24, 2.45) is 0 Å². The van der Waals surface area contributed by atoms with Crippen molar-refractivity contribution in [2.75, 3.05) is 6.61 Å². The van der Waals surface area contributed by atoms with Gasteiger partial charge in [-0.15, -0.1) is 0 Å². The number of carbonyl (C=O) groups is 4. The number of phosphoric ester groups is 1. The fraction of sp³-hybridized carbons (Fsp3) is 0.667. The molecule has 10 N–H and O–H groups in total. The van der Waals surface area contributed by atoms with Gasteiger partial charge < -0.3 is 55.4 Å². The Morgan fingerprint density at radius 2 is 1.38 bits per heavy atom. The highest BCUT2D eigenvalue weighted by molar-refractivity contribution is 7.46. The van der Waals surface area contributed by atoms with E-state index < -0.39 is 75.2 Å². The van der Waals surface area contributed by atoms with Gasteiger partial charge in [-0.2, -0.15) is 0 Å². The molecule has 0 aromatic rings. The maximum Gasteiger partial charge on any atom is 0.470 e. The molecule has 170 valence electrons. The normalized spacial score (nSPS) is 15.8. The third kappa shape index (κ3) is 12.2. The molecular formula is C12H21O16P. The van der Waals surface area contributed by atoms with Gasteiger partial charge in [0.1, 0.15) is 18.3 Å². The molecule has 0 fully saturated rings. The largest absolute Gasteiger partial charge is 0.481 e. The van der Waals surface area contributed by atoms with Crippen molar-refractivity contribution in [3.63, 3.8) is 0 Å². The van der Waals surface area contributed by atoms with E-state index in [2.05, 4.69) is 4.52 Å². The Kier molecular flexibility index (Phi) is 12.6. The van der Waals surface area contributed by atoms with Crippen LogP contribution in [-0.2, 0) is 28.3 Å². The lowest BCUT2D eigenvalue weighted by Crippen LogP contribution is -2.47. The van der Waals surface area contributed by atoms with Crippen LogP contribution < -0.4 is 0 Å². The van der Waals surface area contributed by atoms with E-state index in [1.165, 1.54) is 0 Å². The van der Waals surface area contributed by atoms with Crippen LogP contribution in [0.2, 0.25) is 0 Å². The lowest BCUT2D eigenvalue weighted by Gasteiger charge is -2.25. The predicted octanol–water partition coefficient (Wildman–Crippen LogP) is -4.51. The lowest BCUT2D eigenvalue weighted by molar-refractivity contribution is -0.170. The number of hydrogen-bond acceptors (Lipinski definition) is 11. The maximum atomic E-state index is 10.4. The van der Waals surface area contributed by atoms with Crippen LogP contribution >= 0.6 is 7.82 Å². The van der Waals surface area contributed by atoms with Gasteiger partial charge in [0.15, 0.2) is 18.0 Å². The quantitative estimate of drug-likeness (QED) is 0.0985. The molecule has 29 heavy (non-hydrogen) atoms. The van der Waals surface area contributed by atoms with Gasteiger partial charge in [0.25, 0.3) is 0 Å². The molecule has 16 nitrogen and oxygen atoms in total. The molecule has 0 aliphatic heterocycles. The Morgan fingerprint density at radius 1 is 0.966 bits per heavy atom. The minimum atomic E-state index is -5.02. The van der Waals surface area contributed by atoms with Crippen molar-refractivity contribution in [2.45, 2.75) is 42.9 Å². The third-order valence-electron chi connectivity index (χ3n) is 2.95. The number of carboxylic acid groups (broad SMARTS) is 3. The number of aliphatic hydroxyl groups is 5. The number of aliphatic carboxylic acids is 3. The molecule has 0 rings (SSSR count). The number of carboxylic acids is 3. The smallest absolute Gasteiger partial charge is 0.470 e. The van der Waals surface area contributed by atoms with Crippen molar-refractivity contribution in [3.05, 3.63) is 0 Å². The summed E-state index contributed by atoms with van der Waals surface area (Å²) in [5.41, 5.74) is -2.74. The fourth-order valence-electron chi connectivity index (χ4n) is 1.57. The van der Waals surface area contributed by atoms with Gasteiger partial charge in [0.2, 0.25) is 0 Å². The molecule has 0 aliphatic rings. The number of carbonyl (C=O) groups excluding carboxylic acids is 1. The van der Waals surface area contributed by atoms with Crippen molar-refractivity contribution >= 4 is 32.0 Å². The van der Waals surface area contributed by atoms with Gasteiger partial charge in [-0.1, -0.05) is 0 Å². The van der Waals surface area contributed by atoms with Crippen LogP contribution in [0.25, 0.3) is 0 Å². The molecule has 0 bridgehead atoms. The molecule has 0 heterocycles. The fourth-order valence-corrected chi connectivity index (χ4v) is 2.06. The lowest BCUT2D eigenvalue weighted by atomic mass is 9.96. The number of aliphatic hydroxyl groups excluding tert-OH is 4. The van der Waals surface area contributed by atoms with Crippen LogP contribution in [0.5, 0.6) is 0 Å². The first-order valence-corrected chi connectivity index (χ1v) is 8.77. The summed E-state index contributed by atoms with van der Waals surface area (Å²) in [5.74, 6) is -5.02. The standard InChI is InChI=1S/C6H13O9P.C6H8O7/c7-1-3(9)5(10)6(11)4(2-8)15-16(12,13)14;7-3(8)1-6(13,5(11)12)2-4(9)10/h2-7,9-11H,1H2,(H2,12,13,14);13H,1-2H2,(H,7,8)(H,9,10)(H,11,12). The average Bonchev–Trinajstić information content (AvgIpc) is 2.55. The van der Waals surface area contributed by atoms with Crippen LogP contribution in [0.3, 0.4) is 0 Å². The van der Waals surface area contributed by atoms with Crippen molar-refractivity contribution in [3.8, 4) is 0 Å². The first kappa shape index (κ1) is 29.2.